The van der Waals surface area contributed by atoms with E-state index < -0.39 is 0 Å². The molecule has 1 aliphatic rings. The van der Waals surface area contributed by atoms with Gasteiger partial charge in [-0.1, -0.05) is 19.9 Å². The van der Waals surface area contributed by atoms with Gasteiger partial charge in [-0.05, 0) is 44.1 Å². The maximum absolute atomic E-state index is 9.78. The largest absolute Gasteiger partial charge is 0.493 e. The van der Waals surface area contributed by atoms with Gasteiger partial charge in [0.25, 0.3) is 0 Å². The first-order valence-corrected chi connectivity index (χ1v) is 10.3. The van der Waals surface area contributed by atoms with Gasteiger partial charge in [-0.25, -0.2) is 4.99 Å². The Morgan fingerprint density at radius 1 is 1.29 bits per heavy atom. The van der Waals surface area contributed by atoms with E-state index in [1.807, 2.05) is 18.2 Å². The average Bonchev–Trinajstić information content (AvgIpc) is 3.15. The van der Waals surface area contributed by atoms with E-state index in [2.05, 4.69) is 35.9 Å². The lowest BCUT2D eigenvalue weighted by Gasteiger charge is -2.21. The van der Waals surface area contributed by atoms with Crippen LogP contribution in [-0.2, 0) is 6.54 Å². The van der Waals surface area contributed by atoms with E-state index in [0.717, 1.165) is 62.2 Å². The number of ether oxygens (including phenoxy) is 2. The number of benzene rings is 1. The lowest BCUT2D eigenvalue weighted by Crippen LogP contribution is -2.40. The summed E-state index contributed by atoms with van der Waals surface area (Å²) in [6, 6.07) is 5.97. The molecule has 1 heterocycles. The predicted octanol–water partition coefficient (Wildman–Crippen LogP) is 1.95. The van der Waals surface area contributed by atoms with Crippen molar-refractivity contribution in [2.75, 3.05) is 53.0 Å². The molecule has 1 saturated heterocycles. The van der Waals surface area contributed by atoms with Crippen molar-refractivity contribution in [3.05, 3.63) is 23.8 Å². The number of β-amino-alcohol motifs (C(OH)–C–C–N with tert-alkyl or cyclic N) is 1. The highest BCUT2D eigenvalue weighted by molar-refractivity contribution is 5.80. The Balaban J connectivity index is 1.99. The highest BCUT2D eigenvalue weighted by atomic mass is 16.5. The smallest absolute Gasteiger partial charge is 0.194 e. The second-order valence-electron chi connectivity index (χ2n) is 6.92. The number of methoxy groups -OCH3 is 1. The predicted molar refractivity (Wildman–Crippen MR) is 113 cm³/mol. The normalized spacial score (nSPS) is 17.3. The van der Waals surface area contributed by atoms with Crippen molar-refractivity contribution >= 4 is 5.96 Å². The number of aliphatic hydroxyl groups excluding tert-OH is 1. The number of nitrogens with zero attached hydrogens (tertiary/aromatic N) is 3. The topological polar surface area (TPSA) is 69.6 Å². The number of rotatable bonds is 10. The summed E-state index contributed by atoms with van der Waals surface area (Å²) in [5.74, 6) is 2.34. The summed E-state index contributed by atoms with van der Waals surface area (Å²) in [6.45, 7) is 12.8. The standard InChI is InChI=1S/C21H36N4O3/c1-5-22-21(25-11-10-18(26)16-25)23-15-17-8-9-19(20(14-17)27-4)28-13-12-24(6-2)7-3/h8-9,14,18,26H,5-7,10-13,15-16H2,1-4H3,(H,22,23)/t18-/m1/s1. The van der Waals surface area contributed by atoms with Gasteiger partial charge in [-0.15, -0.1) is 0 Å². The second-order valence-corrected chi connectivity index (χ2v) is 6.92. The first-order chi connectivity index (χ1) is 13.6. The average molecular weight is 393 g/mol. The molecule has 0 spiro atoms. The van der Waals surface area contributed by atoms with Crippen molar-refractivity contribution in [2.24, 2.45) is 4.99 Å². The van der Waals surface area contributed by atoms with Gasteiger partial charge in [-0.2, -0.15) is 0 Å². The van der Waals surface area contributed by atoms with Crippen LogP contribution in [0.5, 0.6) is 11.5 Å². The molecule has 2 rings (SSSR count). The SMILES string of the molecule is CCNC(=NCc1ccc(OCCN(CC)CC)c(OC)c1)N1CC[C@@H](O)C1. The molecule has 0 unspecified atom stereocenters. The fraction of sp³-hybridized carbons (Fsp3) is 0.667. The number of guanidine groups is 1. The molecule has 7 nitrogen and oxygen atoms in total. The highest BCUT2D eigenvalue weighted by Gasteiger charge is 2.22. The molecule has 7 heteroatoms. The molecule has 0 saturated carbocycles. The summed E-state index contributed by atoms with van der Waals surface area (Å²) in [6.07, 6.45) is 0.523. The van der Waals surface area contributed by atoms with Crippen LogP contribution in [0.2, 0.25) is 0 Å². The first kappa shape index (κ1) is 22.3. The van der Waals surface area contributed by atoms with Gasteiger partial charge < -0.3 is 29.7 Å². The third-order valence-corrected chi connectivity index (χ3v) is 5.00. The van der Waals surface area contributed by atoms with Gasteiger partial charge in [0, 0.05) is 26.2 Å². The monoisotopic (exact) mass is 392 g/mol. The molecule has 0 bridgehead atoms. The summed E-state index contributed by atoms with van der Waals surface area (Å²) >= 11 is 0. The van der Waals surface area contributed by atoms with Crippen LogP contribution in [0.3, 0.4) is 0 Å². The molecular formula is C21H36N4O3. The number of hydrogen-bond donors (Lipinski definition) is 2. The molecule has 2 N–H and O–H groups in total. The van der Waals surface area contributed by atoms with Crippen molar-refractivity contribution in [2.45, 2.75) is 39.8 Å². The van der Waals surface area contributed by atoms with Crippen LogP contribution in [0.4, 0.5) is 0 Å². The van der Waals surface area contributed by atoms with Crippen LogP contribution in [0.15, 0.2) is 23.2 Å². The van der Waals surface area contributed by atoms with E-state index in [1.54, 1.807) is 7.11 Å². The van der Waals surface area contributed by atoms with Crippen LogP contribution in [-0.4, -0.2) is 80.0 Å². The molecule has 28 heavy (non-hydrogen) atoms. The van der Waals surface area contributed by atoms with Crippen LogP contribution in [0.25, 0.3) is 0 Å². The lowest BCUT2D eigenvalue weighted by molar-refractivity contribution is 0.188. The third-order valence-electron chi connectivity index (χ3n) is 5.00. The molecule has 1 aliphatic heterocycles. The van der Waals surface area contributed by atoms with Gasteiger partial charge in [0.15, 0.2) is 17.5 Å². The van der Waals surface area contributed by atoms with Crippen LogP contribution in [0.1, 0.15) is 32.8 Å². The molecule has 0 radical (unpaired) electrons. The Labute approximate surface area is 169 Å². The number of likely N-dealkylation sites (N-methyl/N-ethyl adjacent to an activating group) is 1. The van der Waals surface area contributed by atoms with E-state index in [-0.39, 0.29) is 6.10 Å². The van der Waals surface area contributed by atoms with E-state index >= 15 is 0 Å². The second kappa shape index (κ2) is 11.8. The first-order valence-electron chi connectivity index (χ1n) is 10.3. The summed E-state index contributed by atoms with van der Waals surface area (Å²) in [5.41, 5.74) is 1.06. The minimum Gasteiger partial charge on any atom is -0.493 e. The Morgan fingerprint density at radius 2 is 2.07 bits per heavy atom. The van der Waals surface area contributed by atoms with Crippen LogP contribution >= 0.6 is 0 Å². The molecule has 0 aliphatic carbocycles. The maximum atomic E-state index is 9.78. The van der Waals surface area contributed by atoms with Crippen molar-refractivity contribution in [1.82, 2.24) is 15.1 Å². The van der Waals surface area contributed by atoms with Crippen molar-refractivity contribution in [1.29, 1.82) is 0 Å². The molecule has 1 fully saturated rings. The van der Waals surface area contributed by atoms with E-state index in [0.29, 0.717) is 19.7 Å². The molecule has 0 amide bonds. The zero-order chi connectivity index (χ0) is 20.4. The number of hydrogen-bond acceptors (Lipinski definition) is 5. The van der Waals surface area contributed by atoms with E-state index in [4.69, 9.17) is 14.5 Å². The highest BCUT2D eigenvalue weighted by Crippen LogP contribution is 2.28. The van der Waals surface area contributed by atoms with Gasteiger partial charge in [-0.3, -0.25) is 0 Å². The Bertz CT molecular complexity index is 620. The zero-order valence-electron chi connectivity index (χ0n) is 17.8. The number of likely N-dealkylation sites (tertiary alicyclic amines) is 1. The number of aliphatic imine (C=N–C) groups is 1. The molecule has 1 aromatic rings. The summed E-state index contributed by atoms with van der Waals surface area (Å²) in [7, 11) is 1.66. The van der Waals surface area contributed by atoms with Crippen LogP contribution in [0, 0.1) is 0 Å². The Morgan fingerprint density at radius 3 is 2.68 bits per heavy atom. The van der Waals surface area contributed by atoms with Gasteiger partial charge in [0.1, 0.15) is 6.61 Å². The third kappa shape index (κ3) is 6.56. The molecule has 1 atom stereocenters. The molecule has 0 aromatic heterocycles. The van der Waals surface area contributed by atoms with Crippen molar-refractivity contribution in [3.8, 4) is 11.5 Å². The molecule has 1 aromatic carbocycles. The van der Waals surface area contributed by atoms with Gasteiger partial charge >= 0.3 is 0 Å². The van der Waals surface area contributed by atoms with Crippen molar-refractivity contribution in [3.63, 3.8) is 0 Å². The molecule has 158 valence electrons. The Kier molecular flexibility index (Phi) is 9.37. The summed E-state index contributed by atoms with van der Waals surface area (Å²) in [4.78, 5) is 9.16. The van der Waals surface area contributed by atoms with E-state index in [9.17, 15) is 5.11 Å². The van der Waals surface area contributed by atoms with E-state index in [1.165, 1.54) is 0 Å². The van der Waals surface area contributed by atoms with Crippen molar-refractivity contribution < 1.29 is 14.6 Å². The molecular weight excluding hydrogens is 356 g/mol. The quantitative estimate of drug-likeness (QED) is 0.469. The fourth-order valence-corrected chi connectivity index (χ4v) is 3.28. The van der Waals surface area contributed by atoms with Gasteiger partial charge in [0.2, 0.25) is 0 Å². The minimum absolute atomic E-state index is 0.267. The summed E-state index contributed by atoms with van der Waals surface area (Å²) in [5, 5.41) is 13.1. The summed E-state index contributed by atoms with van der Waals surface area (Å²) < 4.78 is 11.4. The Hall–Kier alpha value is -1.99. The minimum atomic E-state index is -0.267. The lowest BCUT2D eigenvalue weighted by atomic mass is 10.2. The maximum Gasteiger partial charge on any atom is 0.194 e. The zero-order valence-corrected chi connectivity index (χ0v) is 17.8. The fourth-order valence-electron chi connectivity index (χ4n) is 3.28. The van der Waals surface area contributed by atoms with Gasteiger partial charge in [0.05, 0.1) is 19.8 Å². The number of aliphatic hydroxyl groups is 1. The number of nitrogens with one attached hydrogen (secondary N) is 1. The van der Waals surface area contributed by atoms with Crippen LogP contribution < -0.4 is 14.8 Å².